The van der Waals surface area contributed by atoms with E-state index in [1.807, 2.05) is 0 Å². The average molecular weight is 640 g/mol. The number of hydrogen-bond acceptors (Lipinski definition) is 9. The van der Waals surface area contributed by atoms with Crippen LogP contribution < -0.4 is 0 Å². The molecule has 1 aromatic rings. The molecule has 44 heavy (non-hydrogen) atoms. The van der Waals surface area contributed by atoms with E-state index in [4.69, 9.17) is 14.7 Å². The smallest absolute Gasteiger partial charge is 0.417 e. The van der Waals surface area contributed by atoms with E-state index in [9.17, 15) is 27.6 Å². The van der Waals surface area contributed by atoms with Gasteiger partial charge in [0.2, 0.25) is 0 Å². The molecule has 4 rings (SSSR count). The van der Waals surface area contributed by atoms with Gasteiger partial charge >= 0.3 is 18.2 Å². The van der Waals surface area contributed by atoms with Crippen molar-refractivity contribution in [2.45, 2.75) is 94.2 Å². The molecule has 1 aliphatic carbocycles. The van der Waals surface area contributed by atoms with E-state index < -0.39 is 34.8 Å². The van der Waals surface area contributed by atoms with Gasteiger partial charge in [-0.3, -0.25) is 19.4 Å². The Morgan fingerprint density at radius 3 is 2.32 bits per heavy atom. The molecule has 3 fully saturated rings. The van der Waals surface area contributed by atoms with Crippen LogP contribution in [-0.2, 0) is 25.2 Å². The first-order chi connectivity index (χ1) is 20.7. The number of benzene rings is 1. The van der Waals surface area contributed by atoms with E-state index >= 15 is 0 Å². The standard InChI is InChI=1S/C30H40F3N5O5S/c1-19-16-35(17-20(2)36(19)18-26(39)42-5)12-13-43-23-9-7-22(8-10-23)37-28(41)38(27(40)29(37,3)4)44-24-11-6-21(15-34)25(14-24)30(31,32)33/h6,11,14,19-20,22-23H,7-10,12-13,16-18H2,1-5H3/t19-,20+,22?,23?. The van der Waals surface area contributed by atoms with E-state index in [1.165, 1.54) is 19.2 Å². The Kier molecular flexibility index (Phi) is 10.5. The van der Waals surface area contributed by atoms with Crippen molar-refractivity contribution in [1.82, 2.24) is 19.0 Å². The van der Waals surface area contributed by atoms with Crippen LogP contribution in [0, 0.1) is 11.3 Å². The van der Waals surface area contributed by atoms with Crippen LogP contribution in [-0.4, -0.2) is 107 Å². The molecule has 3 amide bonds. The molecule has 2 atom stereocenters. The summed E-state index contributed by atoms with van der Waals surface area (Å²) in [6, 6.07) is 4.34. The molecular formula is C30H40F3N5O5S. The van der Waals surface area contributed by atoms with E-state index in [0.29, 0.717) is 31.4 Å². The first kappa shape index (κ1) is 34.0. The Labute approximate surface area is 260 Å². The van der Waals surface area contributed by atoms with Gasteiger partial charge in [-0.05, 0) is 83.5 Å². The molecule has 0 aromatic heterocycles. The minimum atomic E-state index is -4.75. The average Bonchev–Trinajstić information content (AvgIpc) is 3.13. The van der Waals surface area contributed by atoms with Gasteiger partial charge in [0.15, 0.2) is 0 Å². The zero-order valence-electron chi connectivity index (χ0n) is 25.7. The third-order valence-corrected chi connectivity index (χ3v) is 9.76. The van der Waals surface area contributed by atoms with E-state index in [2.05, 4.69) is 23.6 Å². The van der Waals surface area contributed by atoms with Crippen LogP contribution in [0.2, 0.25) is 0 Å². The number of rotatable bonds is 9. The lowest BCUT2D eigenvalue weighted by molar-refractivity contribution is -0.144. The van der Waals surface area contributed by atoms with Crippen molar-refractivity contribution in [1.29, 1.82) is 5.26 Å². The highest BCUT2D eigenvalue weighted by Crippen LogP contribution is 2.42. The lowest BCUT2D eigenvalue weighted by Crippen LogP contribution is -2.58. The molecule has 10 nitrogen and oxygen atoms in total. The summed E-state index contributed by atoms with van der Waals surface area (Å²) in [5, 5.41) is 9.07. The zero-order valence-corrected chi connectivity index (χ0v) is 26.5. The largest absolute Gasteiger partial charge is 0.468 e. The lowest BCUT2D eigenvalue weighted by Gasteiger charge is -2.44. The fraction of sp³-hybridized carbons (Fsp3) is 0.667. The van der Waals surface area contributed by atoms with Gasteiger partial charge in [0, 0.05) is 42.7 Å². The lowest BCUT2D eigenvalue weighted by atomic mass is 9.89. The van der Waals surface area contributed by atoms with Crippen LogP contribution in [0.5, 0.6) is 0 Å². The third-order valence-electron chi connectivity index (χ3n) is 8.79. The van der Waals surface area contributed by atoms with Gasteiger partial charge in [0.25, 0.3) is 5.91 Å². The van der Waals surface area contributed by atoms with E-state index in [-0.39, 0.29) is 41.6 Å². The van der Waals surface area contributed by atoms with Crippen LogP contribution >= 0.6 is 11.9 Å². The Hall–Kier alpha value is -2.86. The molecule has 0 spiro atoms. The highest BCUT2D eigenvalue weighted by molar-refractivity contribution is 7.98. The summed E-state index contributed by atoms with van der Waals surface area (Å²) in [6.45, 7) is 10.8. The van der Waals surface area contributed by atoms with Crippen molar-refractivity contribution in [3.05, 3.63) is 29.3 Å². The molecule has 0 unspecified atom stereocenters. The third kappa shape index (κ3) is 7.33. The predicted octanol–water partition coefficient (Wildman–Crippen LogP) is 4.52. The van der Waals surface area contributed by atoms with Crippen molar-refractivity contribution in [2.75, 3.05) is 39.9 Å². The van der Waals surface area contributed by atoms with Gasteiger partial charge in [-0.25, -0.2) is 4.79 Å². The Balaban J connectivity index is 1.29. The topological polar surface area (TPSA) is 106 Å². The summed E-state index contributed by atoms with van der Waals surface area (Å²) >= 11 is 0.644. The number of amides is 3. The minimum absolute atomic E-state index is 0.0307. The normalized spacial score (nSPS) is 26.6. The second-order valence-electron chi connectivity index (χ2n) is 12.2. The number of halogens is 3. The van der Waals surface area contributed by atoms with Crippen molar-refractivity contribution >= 4 is 29.9 Å². The number of nitrogens with zero attached hydrogens (tertiary/aromatic N) is 5. The first-order valence-corrected chi connectivity index (χ1v) is 15.6. The maximum Gasteiger partial charge on any atom is 0.417 e. The van der Waals surface area contributed by atoms with Crippen LogP contribution in [0.3, 0.4) is 0 Å². The zero-order chi connectivity index (χ0) is 32.4. The Morgan fingerprint density at radius 2 is 1.75 bits per heavy atom. The van der Waals surface area contributed by atoms with E-state index in [0.717, 1.165) is 48.9 Å². The van der Waals surface area contributed by atoms with Crippen molar-refractivity contribution < 1.29 is 37.0 Å². The molecular weight excluding hydrogens is 599 g/mol. The second kappa shape index (κ2) is 13.6. The SMILES string of the molecule is COC(=O)CN1[C@H](C)CN(CCOC2CCC(N3C(=O)N(Sc4ccc(C#N)c(C(F)(F)F)c4)C(=O)C3(C)C)CC2)C[C@@H]1C. The first-order valence-electron chi connectivity index (χ1n) is 14.8. The summed E-state index contributed by atoms with van der Waals surface area (Å²) in [6.07, 6.45) is -2.00. The molecule has 242 valence electrons. The molecule has 0 N–H and O–H groups in total. The van der Waals surface area contributed by atoms with Crippen molar-refractivity contribution in [3.63, 3.8) is 0 Å². The summed E-state index contributed by atoms with van der Waals surface area (Å²) in [7, 11) is 1.40. The number of methoxy groups -OCH3 is 1. The number of nitriles is 1. The van der Waals surface area contributed by atoms with Gasteiger partial charge in [0.05, 0.1) is 43.6 Å². The summed E-state index contributed by atoms with van der Waals surface area (Å²) in [5.41, 5.74) is -2.79. The molecule has 2 aliphatic heterocycles. The molecule has 2 saturated heterocycles. The van der Waals surface area contributed by atoms with Crippen molar-refractivity contribution in [2.24, 2.45) is 0 Å². The Bertz CT molecular complexity index is 1270. The second-order valence-corrected chi connectivity index (χ2v) is 13.2. The van der Waals surface area contributed by atoms with Gasteiger partial charge in [-0.1, -0.05) is 0 Å². The number of piperazine rings is 1. The van der Waals surface area contributed by atoms with Gasteiger partial charge in [0.1, 0.15) is 5.54 Å². The highest BCUT2D eigenvalue weighted by Gasteiger charge is 2.54. The van der Waals surface area contributed by atoms with Crippen LogP contribution in [0.15, 0.2) is 23.1 Å². The molecule has 3 aliphatic rings. The highest BCUT2D eigenvalue weighted by atomic mass is 32.2. The van der Waals surface area contributed by atoms with Crippen molar-refractivity contribution in [3.8, 4) is 6.07 Å². The maximum absolute atomic E-state index is 13.5. The molecule has 14 heteroatoms. The number of carbonyl (C=O) groups excluding carboxylic acids is 3. The summed E-state index contributed by atoms with van der Waals surface area (Å²) < 4.78 is 52.3. The van der Waals surface area contributed by atoms with Gasteiger partial charge in [-0.15, -0.1) is 0 Å². The molecule has 0 bridgehead atoms. The van der Waals surface area contributed by atoms with Gasteiger partial charge < -0.3 is 14.4 Å². The quantitative estimate of drug-likeness (QED) is 0.219. The van der Waals surface area contributed by atoms with Crippen LogP contribution in [0.25, 0.3) is 0 Å². The minimum Gasteiger partial charge on any atom is -0.468 e. The number of carbonyl (C=O) groups is 3. The molecule has 0 radical (unpaired) electrons. The number of hydrogen-bond donors (Lipinski definition) is 0. The fourth-order valence-corrected chi connectivity index (χ4v) is 7.46. The molecule has 2 heterocycles. The monoisotopic (exact) mass is 639 g/mol. The number of alkyl halides is 3. The fourth-order valence-electron chi connectivity index (χ4n) is 6.48. The Morgan fingerprint density at radius 1 is 1.11 bits per heavy atom. The number of ether oxygens (including phenoxy) is 2. The predicted molar refractivity (Wildman–Crippen MR) is 156 cm³/mol. The van der Waals surface area contributed by atoms with Crippen LogP contribution in [0.1, 0.15) is 64.5 Å². The summed E-state index contributed by atoms with van der Waals surface area (Å²) in [5.74, 6) is -0.740. The van der Waals surface area contributed by atoms with E-state index in [1.54, 1.807) is 18.7 Å². The van der Waals surface area contributed by atoms with Gasteiger partial charge in [-0.2, -0.15) is 22.7 Å². The maximum atomic E-state index is 13.5. The molecule has 1 saturated carbocycles. The number of esters is 1. The van der Waals surface area contributed by atoms with Crippen LogP contribution in [0.4, 0.5) is 18.0 Å². The number of urea groups is 1. The number of imide groups is 1. The summed E-state index contributed by atoms with van der Waals surface area (Å²) in [4.78, 5) is 44.6. The molecule has 1 aromatic carbocycles.